The molecule has 0 spiro atoms. The topological polar surface area (TPSA) is 3.24 Å². The molecule has 0 saturated heterocycles. The summed E-state index contributed by atoms with van der Waals surface area (Å²) < 4.78 is 0. The molecule has 0 heterocycles. The van der Waals surface area contributed by atoms with Gasteiger partial charge in [-0.3, -0.25) is 0 Å². The summed E-state index contributed by atoms with van der Waals surface area (Å²) >= 11 is 0. The predicted octanol–water partition coefficient (Wildman–Crippen LogP) is 4.28. The lowest BCUT2D eigenvalue weighted by Crippen LogP contribution is -2.38. The maximum absolute atomic E-state index is 2.46. The first kappa shape index (κ1) is 16.0. The SMILES string of the molecule is CCN(C)CC(C)C(C)C(C)(CC)C(C)C. The van der Waals surface area contributed by atoms with Crippen molar-refractivity contribution in [3.63, 3.8) is 0 Å². The van der Waals surface area contributed by atoms with Crippen LogP contribution in [0.2, 0.25) is 0 Å². The van der Waals surface area contributed by atoms with E-state index in [2.05, 4.69) is 60.4 Å². The zero-order chi connectivity index (χ0) is 12.9. The molecule has 1 nitrogen and oxygen atoms in total. The smallest absolute Gasteiger partial charge is 0.000660 e. The molecule has 0 aliphatic carbocycles. The van der Waals surface area contributed by atoms with Crippen LogP contribution < -0.4 is 0 Å². The summed E-state index contributed by atoms with van der Waals surface area (Å²) in [4.78, 5) is 2.43. The van der Waals surface area contributed by atoms with E-state index >= 15 is 0 Å². The minimum Gasteiger partial charge on any atom is -0.306 e. The molecule has 0 aromatic rings. The Bertz CT molecular complexity index is 188. The summed E-state index contributed by atoms with van der Waals surface area (Å²) in [6.45, 7) is 19.0. The van der Waals surface area contributed by atoms with Crippen molar-refractivity contribution in [2.24, 2.45) is 23.2 Å². The maximum Gasteiger partial charge on any atom is 0.000660 e. The first-order valence-electron chi connectivity index (χ1n) is 6.98. The predicted molar refractivity (Wildman–Crippen MR) is 74.7 cm³/mol. The summed E-state index contributed by atoms with van der Waals surface area (Å²) in [5.74, 6) is 2.32. The Labute approximate surface area is 104 Å². The molecule has 98 valence electrons. The van der Waals surface area contributed by atoms with E-state index in [1.807, 2.05) is 0 Å². The molecule has 0 aromatic carbocycles. The molecule has 0 aromatic heterocycles. The van der Waals surface area contributed by atoms with Gasteiger partial charge in [-0.2, -0.15) is 0 Å². The average molecular weight is 227 g/mol. The summed E-state index contributed by atoms with van der Waals surface area (Å²) in [6.07, 6.45) is 1.28. The molecule has 3 unspecified atom stereocenters. The van der Waals surface area contributed by atoms with Crippen LogP contribution in [0.1, 0.15) is 54.9 Å². The number of hydrogen-bond acceptors (Lipinski definition) is 1. The molecular formula is C15H33N. The van der Waals surface area contributed by atoms with Gasteiger partial charge in [-0.05, 0) is 36.8 Å². The van der Waals surface area contributed by atoms with Crippen LogP contribution in [-0.4, -0.2) is 25.0 Å². The van der Waals surface area contributed by atoms with Crippen LogP contribution in [0.15, 0.2) is 0 Å². The van der Waals surface area contributed by atoms with Crippen molar-refractivity contribution in [1.82, 2.24) is 4.90 Å². The van der Waals surface area contributed by atoms with E-state index < -0.39 is 0 Å². The second kappa shape index (κ2) is 6.64. The van der Waals surface area contributed by atoms with Crippen LogP contribution in [0.5, 0.6) is 0 Å². The normalized spacial score (nSPS) is 19.9. The van der Waals surface area contributed by atoms with Crippen LogP contribution in [0.4, 0.5) is 0 Å². The number of hydrogen-bond donors (Lipinski definition) is 0. The van der Waals surface area contributed by atoms with Crippen molar-refractivity contribution >= 4 is 0 Å². The monoisotopic (exact) mass is 227 g/mol. The van der Waals surface area contributed by atoms with Crippen molar-refractivity contribution < 1.29 is 0 Å². The fourth-order valence-corrected chi connectivity index (χ4v) is 2.68. The fraction of sp³-hybridized carbons (Fsp3) is 1.00. The van der Waals surface area contributed by atoms with Gasteiger partial charge in [-0.1, -0.05) is 54.9 Å². The second-order valence-corrected chi connectivity index (χ2v) is 6.13. The largest absolute Gasteiger partial charge is 0.306 e. The average Bonchev–Trinajstić information content (AvgIpc) is 2.26. The van der Waals surface area contributed by atoms with Crippen LogP contribution in [-0.2, 0) is 0 Å². The number of nitrogens with zero attached hydrogens (tertiary/aromatic N) is 1. The summed E-state index contributed by atoms with van der Waals surface area (Å²) in [6, 6.07) is 0. The zero-order valence-corrected chi connectivity index (χ0v) is 12.8. The molecular weight excluding hydrogens is 194 g/mol. The molecule has 1 heteroatoms. The van der Waals surface area contributed by atoms with Gasteiger partial charge in [-0.15, -0.1) is 0 Å². The first-order chi connectivity index (χ1) is 7.29. The van der Waals surface area contributed by atoms with Crippen molar-refractivity contribution in [2.75, 3.05) is 20.1 Å². The lowest BCUT2D eigenvalue weighted by Gasteiger charge is -2.43. The molecule has 0 radical (unpaired) electrons. The highest BCUT2D eigenvalue weighted by molar-refractivity contribution is 4.85. The van der Waals surface area contributed by atoms with Crippen LogP contribution in [0, 0.1) is 23.2 Å². The Morgan fingerprint density at radius 3 is 1.88 bits per heavy atom. The van der Waals surface area contributed by atoms with E-state index in [-0.39, 0.29) is 0 Å². The summed E-state index contributed by atoms with van der Waals surface area (Å²) in [7, 11) is 2.22. The molecule has 16 heavy (non-hydrogen) atoms. The Morgan fingerprint density at radius 1 is 1.06 bits per heavy atom. The Kier molecular flexibility index (Phi) is 6.62. The van der Waals surface area contributed by atoms with Gasteiger partial charge in [0.2, 0.25) is 0 Å². The minimum absolute atomic E-state index is 0.480. The van der Waals surface area contributed by atoms with E-state index in [0.29, 0.717) is 5.41 Å². The van der Waals surface area contributed by atoms with Crippen LogP contribution >= 0.6 is 0 Å². The third-order valence-corrected chi connectivity index (χ3v) is 5.11. The molecule has 0 bridgehead atoms. The molecule has 0 saturated carbocycles. The van der Waals surface area contributed by atoms with Crippen molar-refractivity contribution in [1.29, 1.82) is 0 Å². The van der Waals surface area contributed by atoms with E-state index in [4.69, 9.17) is 0 Å². The van der Waals surface area contributed by atoms with Crippen molar-refractivity contribution in [3.8, 4) is 0 Å². The minimum atomic E-state index is 0.480. The Hall–Kier alpha value is -0.0400. The van der Waals surface area contributed by atoms with Crippen LogP contribution in [0.3, 0.4) is 0 Å². The third kappa shape index (κ3) is 3.76. The molecule has 0 fully saturated rings. The van der Waals surface area contributed by atoms with Gasteiger partial charge in [0, 0.05) is 6.54 Å². The molecule has 0 rings (SSSR count). The standard InChI is InChI=1S/C15H33N/c1-9-15(7,12(3)4)14(6)13(5)11-16(8)10-2/h12-14H,9-11H2,1-8H3. The van der Waals surface area contributed by atoms with Gasteiger partial charge >= 0.3 is 0 Å². The fourth-order valence-electron chi connectivity index (χ4n) is 2.68. The zero-order valence-electron chi connectivity index (χ0n) is 12.8. The van der Waals surface area contributed by atoms with Crippen molar-refractivity contribution in [3.05, 3.63) is 0 Å². The lowest BCUT2D eigenvalue weighted by molar-refractivity contribution is 0.0657. The van der Waals surface area contributed by atoms with Gasteiger partial charge in [-0.25, -0.2) is 0 Å². The molecule has 3 atom stereocenters. The molecule has 0 aliphatic heterocycles. The summed E-state index contributed by atoms with van der Waals surface area (Å²) in [5.41, 5.74) is 0.480. The lowest BCUT2D eigenvalue weighted by atomic mass is 9.64. The van der Waals surface area contributed by atoms with Gasteiger partial charge in [0.1, 0.15) is 0 Å². The van der Waals surface area contributed by atoms with Gasteiger partial charge in [0.15, 0.2) is 0 Å². The second-order valence-electron chi connectivity index (χ2n) is 6.13. The quantitative estimate of drug-likeness (QED) is 0.627. The molecule has 0 N–H and O–H groups in total. The van der Waals surface area contributed by atoms with E-state index in [1.165, 1.54) is 13.0 Å². The van der Waals surface area contributed by atoms with E-state index in [0.717, 1.165) is 24.3 Å². The Morgan fingerprint density at radius 2 is 1.56 bits per heavy atom. The molecule has 0 aliphatic rings. The Balaban J connectivity index is 4.56. The third-order valence-electron chi connectivity index (χ3n) is 5.11. The molecule has 0 amide bonds. The summed E-state index contributed by atoms with van der Waals surface area (Å²) in [5, 5.41) is 0. The van der Waals surface area contributed by atoms with Crippen molar-refractivity contribution in [2.45, 2.75) is 54.9 Å². The highest BCUT2D eigenvalue weighted by atomic mass is 15.1. The number of rotatable bonds is 7. The van der Waals surface area contributed by atoms with E-state index in [9.17, 15) is 0 Å². The highest BCUT2D eigenvalue weighted by Gasteiger charge is 2.35. The maximum atomic E-state index is 2.46. The van der Waals surface area contributed by atoms with E-state index in [1.54, 1.807) is 0 Å². The first-order valence-corrected chi connectivity index (χ1v) is 6.98. The van der Waals surface area contributed by atoms with Gasteiger partial charge in [0.25, 0.3) is 0 Å². The van der Waals surface area contributed by atoms with Gasteiger partial charge in [0.05, 0.1) is 0 Å². The van der Waals surface area contributed by atoms with Gasteiger partial charge < -0.3 is 4.90 Å². The van der Waals surface area contributed by atoms with Crippen LogP contribution in [0.25, 0.3) is 0 Å². The highest BCUT2D eigenvalue weighted by Crippen LogP contribution is 2.42.